The van der Waals surface area contributed by atoms with E-state index >= 15 is 0 Å². The molecule has 3 aromatic carbocycles. The highest BCUT2D eigenvalue weighted by molar-refractivity contribution is 6.01. The zero-order chi connectivity index (χ0) is 18.6. The van der Waals surface area contributed by atoms with E-state index in [1.54, 1.807) is 0 Å². The Hall–Kier alpha value is -2.91. The molecule has 0 radical (unpaired) electrons. The predicted molar refractivity (Wildman–Crippen MR) is 103 cm³/mol. The maximum atomic E-state index is 13.0. The fourth-order valence-electron chi connectivity index (χ4n) is 4.52. The van der Waals surface area contributed by atoms with Crippen molar-refractivity contribution in [1.82, 2.24) is 0 Å². The third-order valence-corrected chi connectivity index (χ3v) is 5.85. The summed E-state index contributed by atoms with van der Waals surface area (Å²) in [5.74, 6) is -0.254. The molecule has 5 rings (SSSR count). The number of fused-ring (bicyclic) bond motifs is 3. The Morgan fingerprint density at radius 2 is 1.48 bits per heavy atom. The number of benzene rings is 3. The summed E-state index contributed by atoms with van der Waals surface area (Å²) in [6.45, 7) is 5.14. The summed E-state index contributed by atoms with van der Waals surface area (Å²) in [6, 6.07) is 20.3. The minimum absolute atomic E-state index is 0.254. The number of rotatable bonds is 2. The first kappa shape index (κ1) is 16.3. The van der Waals surface area contributed by atoms with E-state index in [-0.39, 0.29) is 5.97 Å². The fourth-order valence-corrected chi connectivity index (χ4v) is 4.52. The van der Waals surface area contributed by atoms with Crippen molar-refractivity contribution < 1.29 is 14.3 Å². The van der Waals surface area contributed by atoms with Crippen LogP contribution in [0.5, 0.6) is 0 Å². The lowest BCUT2D eigenvalue weighted by Crippen LogP contribution is -2.24. The normalized spacial score (nSPS) is 20.3. The first-order chi connectivity index (χ1) is 13.1. The van der Waals surface area contributed by atoms with Crippen molar-refractivity contribution in [2.24, 2.45) is 0 Å². The zero-order valence-electron chi connectivity index (χ0n) is 15.4. The maximum absolute atomic E-state index is 13.0. The van der Waals surface area contributed by atoms with Crippen LogP contribution in [-0.2, 0) is 28.3 Å². The molecule has 0 fully saturated rings. The molecule has 2 aliphatic heterocycles. The highest BCUT2D eigenvalue weighted by atomic mass is 16.6. The first-order valence-electron chi connectivity index (χ1n) is 9.22. The summed E-state index contributed by atoms with van der Waals surface area (Å²) in [5, 5.41) is 0. The number of carbonyl (C=O) groups excluding carboxylic acids is 1. The second kappa shape index (κ2) is 5.80. The zero-order valence-corrected chi connectivity index (χ0v) is 15.4. The van der Waals surface area contributed by atoms with Gasteiger partial charge in [-0.25, -0.2) is 4.79 Å². The molecule has 0 N–H and O–H groups in total. The third kappa shape index (κ3) is 2.22. The van der Waals surface area contributed by atoms with Crippen molar-refractivity contribution in [3.8, 4) is 11.1 Å². The molecule has 0 saturated heterocycles. The maximum Gasteiger partial charge on any atom is 0.340 e. The van der Waals surface area contributed by atoms with E-state index in [1.165, 1.54) is 5.56 Å². The Bertz CT molecular complexity index is 1050. The van der Waals surface area contributed by atoms with Gasteiger partial charge >= 0.3 is 5.97 Å². The largest absolute Gasteiger partial charge is 0.446 e. The van der Waals surface area contributed by atoms with Crippen LogP contribution in [0.3, 0.4) is 0 Å². The van der Waals surface area contributed by atoms with E-state index in [9.17, 15) is 4.79 Å². The topological polar surface area (TPSA) is 35.5 Å². The van der Waals surface area contributed by atoms with Crippen LogP contribution >= 0.6 is 0 Å². The summed E-state index contributed by atoms with van der Waals surface area (Å²) in [5.41, 5.74) is 7.30. The van der Waals surface area contributed by atoms with E-state index in [1.807, 2.05) is 55.5 Å². The molecule has 3 aromatic rings. The van der Waals surface area contributed by atoms with Crippen molar-refractivity contribution in [2.75, 3.05) is 0 Å². The number of cyclic esters (lactones) is 1. The molecule has 0 amide bonds. The Morgan fingerprint density at radius 3 is 2.19 bits per heavy atom. The van der Waals surface area contributed by atoms with Crippen LogP contribution in [0.1, 0.15) is 45.1 Å². The molecular weight excluding hydrogens is 336 g/mol. The van der Waals surface area contributed by atoms with E-state index in [2.05, 4.69) is 19.1 Å². The molecule has 1 unspecified atom stereocenters. The monoisotopic (exact) mass is 356 g/mol. The fraction of sp³-hybridized carbons (Fsp3) is 0.208. The Kier molecular flexibility index (Phi) is 3.49. The lowest BCUT2D eigenvalue weighted by atomic mass is 9.77. The van der Waals surface area contributed by atoms with Gasteiger partial charge < -0.3 is 9.47 Å². The summed E-state index contributed by atoms with van der Waals surface area (Å²) in [6.07, 6.45) is 0. The Morgan fingerprint density at radius 1 is 0.852 bits per heavy atom. The molecule has 2 aliphatic rings. The lowest BCUT2D eigenvalue weighted by molar-refractivity contribution is 0.0180. The van der Waals surface area contributed by atoms with Crippen LogP contribution < -0.4 is 0 Å². The molecule has 0 saturated carbocycles. The lowest BCUT2D eigenvalue weighted by Gasteiger charge is -2.28. The number of hydrogen-bond acceptors (Lipinski definition) is 3. The molecule has 3 nitrogen and oxygen atoms in total. The minimum Gasteiger partial charge on any atom is -0.446 e. The van der Waals surface area contributed by atoms with E-state index < -0.39 is 5.60 Å². The Labute approximate surface area is 158 Å². The average Bonchev–Trinajstić information content (AvgIpc) is 3.28. The molecule has 0 bridgehead atoms. The summed E-state index contributed by atoms with van der Waals surface area (Å²) >= 11 is 0. The van der Waals surface area contributed by atoms with Crippen molar-refractivity contribution in [3.05, 3.63) is 94.0 Å². The van der Waals surface area contributed by atoms with E-state index in [0.29, 0.717) is 18.8 Å². The molecule has 134 valence electrons. The highest BCUT2D eigenvalue weighted by Gasteiger charge is 2.48. The van der Waals surface area contributed by atoms with E-state index in [0.717, 1.165) is 33.4 Å². The van der Waals surface area contributed by atoms with Gasteiger partial charge in [0.15, 0.2) is 5.60 Å². The number of esters is 1. The molecule has 1 atom stereocenters. The van der Waals surface area contributed by atoms with Gasteiger partial charge in [0.25, 0.3) is 0 Å². The van der Waals surface area contributed by atoms with Crippen LogP contribution in [0.15, 0.2) is 60.7 Å². The predicted octanol–water partition coefficient (Wildman–Crippen LogP) is 5.13. The second-order valence-electron chi connectivity index (χ2n) is 7.35. The third-order valence-electron chi connectivity index (χ3n) is 5.85. The van der Waals surface area contributed by atoms with Crippen LogP contribution in [0.2, 0.25) is 0 Å². The van der Waals surface area contributed by atoms with Crippen molar-refractivity contribution in [3.63, 3.8) is 0 Å². The van der Waals surface area contributed by atoms with Crippen molar-refractivity contribution in [1.29, 1.82) is 0 Å². The van der Waals surface area contributed by atoms with Gasteiger partial charge in [0.2, 0.25) is 0 Å². The van der Waals surface area contributed by atoms with Gasteiger partial charge in [-0.1, -0.05) is 60.7 Å². The van der Waals surface area contributed by atoms with Gasteiger partial charge in [0.1, 0.15) is 0 Å². The number of ether oxygens (including phenoxy) is 2. The SMILES string of the molecule is Cc1c2c(c3c(c1-c1ccccc1)C(C)(c1ccccc1)OC3=O)COC2. The molecule has 3 heteroatoms. The quantitative estimate of drug-likeness (QED) is 0.598. The number of carbonyl (C=O) groups is 1. The second-order valence-corrected chi connectivity index (χ2v) is 7.35. The number of hydrogen-bond donors (Lipinski definition) is 0. The van der Waals surface area contributed by atoms with Crippen LogP contribution in [-0.4, -0.2) is 5.97 Å². The van der Waals surface area contributed by atoms with Gasteiger partial charge in [-0.15, -0.1) is 0 Å². The molecular formula is C24H20O3. The molecule has 2 heterocycles. The van der Waals surface area contributed by atoms with Gasteiger partial charge in [0.05, 0.1) is 18.8 Å². The van der Waals surface area contributed by atoms with E-state index in [4.69, 9.17) is 9.47 Å². The molecule has 0 aliphatic carbocycles. The highest BCUT2D eigenvalue weighted by Crippen LogP contribution is 2.51. The van der Waals surface area contributed by atoms with Gasteiger partial charge in [-0.05, 0) is 47.2 Å². The molecule has 0 spiro atoms. The van der Waals surface area contributed by atoms with Gasteiger partial charge in [-0.3, -0.25) is 0 Å². The van der Waals surface area contributed by atoms with Gasteiger partial charge in [0, 0.05) is 5.56 Å². The smallest absolute Gasteiger partial charge is 0.340 e. The summed E-state index contributed by atoms with van der Waals surface area (Å²) in [4.78, 5) is 13.0. The van der Waals surface area contributed by atoms with Crippen LogP contribution in [0, 0.1) is 6.92 Å². The standard InChI is InChI=1S/C24H20O3/c1-15-18-13-26-14-19(18)21-22(20(15)16-9-5-3-6-10-16)24(2,27-23(21)25)17-11-7-4-8-12-17/h3-12H,13-14H2,1-2H3. The average molecular weight is 356 g/mol. The van der Waals surface area contributed by atoms with Crippen molar-refractivity contribution in [2.45, 2.75) is 32.7 Å². The summed E-state index contributed by atoms with van der Waals surface area (Å²) < 4.78 is 11.8. The van der Waals surface area contributed by atoms with Crippen molar-refractivity contribution >= 4 is 5.97 Å². The summed E-state index contributed by atoms with van der Waals surface area (Å²) in [7, 11) is 0. The van der Waals surface area contributed by atoms with Gasteiger partial charge in [-0.2, -0.15) is 0 Å². The molecule has 0 aromatic heterocycles. The minimum atomic E-state index is -0.818. The van der Waals surface area contributed by atoms with Crippen LogP contribution in [0.4, 0.5) is 0 Å². The molecule has 27 heavy (non-hydrogen) atoms. The first-order valence-corrected chi connectivity index (χ1v) is 9.22. The Balaban J connectivity index is 1.91. The van der Waals surface area contributed by atoms with Crippen LogP contribution in [0.25, 0.3) is 11.1 Å².